The topological polar surface area (TPSA) is 61.5 Å². The summed E-state index contributed by atoms with van der Waals surface area (Å²) in [6.45, 7) is 3.12. The summed E-state index contributed by atoms with van der Waals surface area (Å²) >= 11 is 6.01. The van der Waals surface area contributed by atoms with Crippen LogP contribution in [0.25, 0.3) is 10.9 Å². The van der Waals surface area contributed by atoms with Gasteiger partial charge in [-0.25, -0.2) is 0 Å². The highest BCUT2D eigenvalue weighted by Crippen LogP contribution is 2.17. The van der Waals surface area contributed by atoms with E-state index < -0.39 is 0 Å². The van der Waals surface area contributed by atoms with Gasteiger partial charge in [-0.15, -0.1) is 0 Å². The van der Waals surface area contributed by atoms with Crippen LogP contribution in [0.4, 0.5) is 0 Å². The van der Waals surface area contributed by atoms with Crippen molar-refractivity contribution in [1.29, 1.82) is 0 Å². The van der Waals surface area contributed by atoms with Gasteiger partial charge in [0.1, 0.15) is 6.04 Å². The molecule has 3 aromatic rings. The summed E-state index contributed by atoms with van der Waals surface area (Å²) in [5, 5.41) is 6.96. The van der Waals surface area contributed by atoms with Crippen LogP contribution < -0.4 is 10.6 Å². The van der Waals surface area contributed by atoms with E-state index in [0.29, 0.717) is 13.1 Å². The fraction of sp³-hybridized carbons (Fsp3) is 0.250. The predicted octanol–water partition coefficient (Wildman–Crippen LogP) is 2.80. The van der Waals surface area contributed by atoms with Crippen LogP contribution in [0, 0.1) is 0 Å². The number of amides is 1. The summed E-state index contributed by atoms with van der Waals surface area (Å²) in [6, 6.07) is 16.2. The van der Waals surface area contributed by atoms with Gasteiger partial charge in [0.15, 0.2) is 6.54 Å². The van der Waals surface area contributed by atoms with Crippen LogP contribution in [0.1, 0.15) is 24.1 Å². The van der Waals surface area contributed by atoms with Crippen LogP contribution in [0.5, 0.6) is 0 Å². The first-order valence-electron chi connectivity index (χ1n) is 8.54. The van der Waals surface area contributed by atoms with Gasteiger partial charge in [-0.3, -0.25) is 4.79 Å². The van der Waals surface area contributed by atoms with Crippen molar-refractivity contribution >= 4 is 28.4 Å². The largest absolute Gasteiger partial charge is 0.361 e. The molecule has 5 heteroatoms. The number of para-hydroxylation sites is 1. The molecule has 0 bridgehead atoms. The van der Waals surface area contributed by atoms with Crippen molar-refractivity contribution in [3.8, 4) is 0 Å². The third-order valence-electron chi connectivity index (χ3n) is 4.42. The monoisotopic (exact) mass is 356 g/mol. The van der Waals surface area contributed by atoms with E-state index in [9.17, 15) is 4.79 Å². The first-order valence-corrected chi connectivity index (χ1v) is 8.92. The van der Waals surface area contributed by atoms with Gasteiger partial charge in [-0.1, -0.05) is 41.9 Å². The molecular weight excluding hydrogens is 334 g/mol. The van der Waals surface area contributed by atoms with E-state index in [1.807, 2.05) is 47.9 Å². The molecule has 2 aromatic carbocycles. The lowest BCUT2D eigenvalue weighted by molar-refractivity contribution is -0.682. The van der Waals surface area contributed by atoms with Gasteiger partial charge < -0.3 is 15.6 Å². The molecule has 4 N–H and O–H groups in total. The number of aromatic amines is 1. The Bertz CT molecular complexity index is 859. The third kappa shape index (κ3) is 4.62. The number of hydrogen-bond donors (Lipinski definition) is 3. The lowest BCUT2D eigenvalue weighted by Crippen LogP contribution is -2.87. The number of rotatable bonds is 7. The zero-order valence-corrected chi connectivity index (χ0v) is 15.0. The maximum Gasteiger partial charge on any atom is 0.275 e. The zero-order valence-electron chi connectivity index (χ0n) is 14.3. The molecule has 0 saturated heterocycles. The predicted molar refractivity (Wildman–Crippen MR) is 102 cm³/mol. The van der Waals surface area contributed by atoms with Crippen molar-refractivity contribution in [2.24, 2.45) is 0 Å². The van der Waals surface area contributed by atoms with Crippen LogP contribution >= 0.6 is 11.6 Å². The highest BCUT2D eigenvalue weighted by atomic mass is 35.5. The SMILES string of the molecule is C[C@@H]([NH2+]CC(=O)NCCc1c[nH]c2ccccc12)c1cccc(Cl)c1. The second-order valence-electron chi connectivity index (χ2n) is 6.24. The third-order valence-corrected chi connectivity index (χ3v) is 4.66. The van der Waals surface area contributed by atoms with Crippen molar-refractivity contribution in [1.82, 2.24) is 10.3 Å². The minimum absolute atomic E-state index is 0.0497. The smallest absolute Gasteiger partial charge is 0.275 e. The normalized spacial score (nSPS) is 12.2. The molecule has 0 saturated carbocycles. The Labute approximate surface area is 152 Å². The molecule has 0 unspecified atom stereocenters. The standard InChI is InChI=1S/C20H22ClN3O/c1-14(15-5-4-6-17(21)11-15)23-13-20(25)22-10-9-16-12-24-19-8-3-2-7-18(16)19/h2-8,11-12,14,23-24H,9-10,13H2,1H3,(H,22,25)/p+1/t14-/m1/s1. The molecule has 0 aliphatic carbocycles. The molecule has 0 fully saturated rings. The van der Waals surface area contributed by atoms with E-state index in [0.717, 1.165) is 22.5 Å². The molecule has 1 heterocycles. The minimum atomic E-state index is 0.0497. The van der Waals surface area contributed by atoms with E-state index in [2.05, 4.69) is 29.4 Å². The highest BCUT2D eigenvalue weighted by molar-refractivity contribution is 6.30. The van der Waals surface area contributed by atoms with Crippen molar-refractivity contribution in [2.75, 3.05) is 13.1 Å². The van der Waals surface area contributed by atoms with E-state index in [-0.39, 0.29) is 11.9 Å². The number of hydrogen-bond acceptors (Lipinski definition) is 1. The van der Waals surface area contributed by atoms with Gasteiger partial charge in [0, 0.05) is 34.2 Å². The van der Waals surface area contributed by atoms with Gasteiger partial charge in [0.25, 0.3) is 5.91 Å². The number of nitrogens with two attached hydrogens (primary N) is 1. The van der Waals surface area contributed by atoms with E-state index in [1.54, 1.807) is 0 Å². The molecule has 1 amide bonds. The highest BCUT2D eigenvalue weighted by Gasteiger charge is 2.12. The zero-order chi connectivity index (χ0) is 17.6. The van der Waals surface area contributed by atoms with E-state index in [1.165, 1.54) is 10.9 Å². The molecular formula is C20H23ClN3O+. The van der Waals surface area contributed by atoms with Crippen molar-refractivity contribution in [3.05, 3.63) is 70.9 Å². The number of H-pyrrole nitrogens is 1. The Balaban J connectivity index is 1.44. The molecule has 0 spiro atoms. The fourth-order valence-corrected chi connectivity index (χ4v) is 3.16. The van der Waals surface area contributed by atoms with E-state index in [4.69, 9.17) is 11.6 Å². The number of aromatic nitrogens is 1. The molecule has 3 rings (SSSR count). The van der Waals surface area contributed by atoms with Gasteiger partial charge >= 0.3 is 0 Å². The Kier molecular flexibility index (Phi) is 5.74. The number of carbonyl (C=O) groups is 1. The van der Waals surface area contributed by atoms with Gasteiger partial charge in [0.05, 0.1) is 0 Å². The van der Waals surface area contributed by atoms with Gasteiger partial charge in [0.2, 0.25) is 0 Å². The Morgan fingerprint density at radius 2 is 2.08 bits per heavy atom. The maximum atomic E-state index is 12.1. The Hall–Kier alpha value is -2.30. The van der Waals surface area contributed by atoms with Crippen LogP contribution in [0.2, 0.25) is 5.02 Å². The molecule has 1 aromatic heterocycles. The van der Waals surface area contributed by atoms with Crippen LogP contribution in [0.3, 0.4) is 0 Å². The van der Waals surface area contributed by atoms with Gasteiger partial charge in [-0.05, 0) is 37.1 Å². The number of nitrogens with one attached hydrogen (secondary N) is 2. The average molecular weight is 357 g/mol. The van der Waals surface area contributed by atoms with Crippen molar-refractivity contribution in [2.45, 2.75) is 19.4 Å². The molecule has 0 radical (unpaired) electrons. The van der Waals surface area contributed by atoms with E-state index >= 15 is 0 Å². The molecule has 130 valence electrons. The molecule has 0 aliphatic heterocycles. The number of fused-ring (bicyclic) bond motifs is 1. The first kappa shape index (κ1) is 17.5. The van der Waals surface area contributed by atoms with Crippen LogP contribution in [0.15, 0.2) is 54.7 Å². The van der Waals surface area contributed by atoms with Gasteiger partial charge in [-0.2, -0.15) is 0 Å². The summed E-state index contributed by atoms with van der Waals surface area (Å²) in [5.74, 6) is 0.0497. The lowest BCUT2D eigenvalue weighted by atomic mass is 10.1. The maximum absolute atomic E-state index is 12.1. The number of benzene rings is 2. The number of carbonyl (C=O) groups excluding carboxylic acids is 1. The average Bonchev–Trinajstić information content (AvgIpc) is 3.03. The quantitative estimate of drug-likeness (QED) is 0.599. The second kappa shape index (κ2) is 8.19. The first-order chi connectivity index (χ1) is 12.1. The van der Waals surface area contributed by atoms with Crippen molar-refractivity contribution < 1.29 is 10.1 Å². The van der Waals surface area contributed by atoms with Crippen LogP contribution in [-0.2, 0) is 11.2 Å². The lowest BCUT2D eigenvalue weighted by Gasteiger charge is -2.11. The van der Waals surface area contributed by atoms with Crippen molar-refractivity contribution in [3.63, 3.8) is 0 Å². The summed E-state index contributed by atoms with van der Waals surface area (Å²) in [7, 11) is 0. The Morgan fingerprint density at radius 3 is 2.92 bits per heavy atom. The molecule has 4 nitrogen and oxygen atoms in total. The summed E-state index contributed by atoms with van der Waals surface area (Å²) in [5.41, 5.74) is 3.48. The molecule has 25 heavy (non-hydrogen) atoms. The summed E-state index contributed by atoms with van der Waals surface area (Å²) < 4.78 is 0. The second-order valence-corrected chi connectivity index (χ2v) is 6.68. The summed E-state index contributed by atoms with van der Waals surface area (Å²) in [4.78, 5) is 15.3. The van der Waals surface area contributed by atoms with Crippen LogP contribution in [-0.4, -0.2) is 24.0 Å². The summed E-state index contributed by atoms with van der Waals surface area (Å²) in [6.07, 6.45) is 2.84. The number of quaternary nitrogens is 1. The molecule has 0 aliphatic rings. The Morgan fingerprint density at radius 1 is 1.24 bits per heavy atom. The fourth-order valence-electron chi connectivity index (χ4n) is 2.96. The number of halogens is 1. The minimum Gasteiger partial charge on any atom is -0.361 e. The molecule has 1 atom stereocenters.